The van der Waals surface area contributed by atoms with Gasteiger partial charge in [-0.25, -0.2) is 0 Å². The van der Waals surface area contributed by atoms with E-state index in [2.05, 4.69) is 82.0 Å². The molecular weight excluding hydrogens is 438 g/mol. The molecule has 0 amide bonds. The van der Waals surface area contributed by atoms with Crippen LogP contribution in [0.1, 0.15) is 43.4 Å². The third kappa shape index (κ3) is 3.74. The van der Waals surface area contributed by atoms with Gasteiger partial charge < -0.3 is 23.8 Å². The predicted octanol–water partition coefficient (Wildman–Crippen LogP) is 4.94. The van der Waals surface area contributed by atoms with Gasteiger partial charge in [0, 0.05) is 22.9 Å². The lowest BCUT2D eigenvalue weighted by Gasteiger charge is -2.59. The van der Waals surface area contributed by atoms with Gasteiger partial charge in [0.1, 0.15) is 25.6 Å². The monoisotopic (exact) mass is 475 g/mol. The number of nitrogens with zero attached hydrogens (tertiary/aromatic N) is 1. The molecule has 0 radical (unpaired) electrons. The summed E-state index contributed by atoms with van der Waals surface area (Å²) in [7, 11) is 2.26. The van der Waals surface area contributed by atoms with Crippen molar-refractivity contribution in [2.45, 2.75) is 70.0 Å². The lowest BCUT2D eigenvalue weighted by Crippen LogP contribution is -2.68. The Balaban J connectivity index is 0.00000124. The van der Waals surface area contributed by atoms with E-state index < -0.39 is 0 Å². The highest BCUT2D eigenvalue weighted by molar-refractivity contribution is 5.59. The molecule has 5 nitrogen and oxygen atoms in total. The van der Waals surface area contributed by atoms with Crippen LogP contribution >= 0.6 is 0 Å². The van der Waals surface area contributed by atoms with Crippen molar-refractivity contribution in [3.05, 3.63) is 59.2 Å². The maximum absolute atomic E-state index is 6.95. The summed E-state index contributed by atoms with van der Waals surface area (Å²) in [5.74, 6) is 2.63. The third-order valence-electron chi connectivity index (χ3n) is 9.04. The van der Waals surface area contributed by atoms with Gasteiger partial charge in [0.15, 0.2) is 11.5 Å². The molecule has 0 N–H and O–H groups in total. The van der Waals surface area contributed by atoms with E-state index in [1.807, 2.05) is 6.07 Å². The van der Waals surface area contributed by atoms with Crippen LogP contribution in [0.4, 0.5) is 0 Å². The number of fused-ring (bicyclic) bond motifs is 3. The molecule has 5 heteroatoms. The van der Waals surface area contributed by atoms with E-state index >= 15 is 0 Å². The zero-order chi connectivity index (χ0) is 24.7. The molecule has 1 saturated carbocycles. The lowest BCUT2D eigenvalue weighted by atomic mass is 9.52. The second-order valence-corrected chi connectivity index (χ2v) is 10.5. The number of piperidine rings is 1. The van der Waals surface area contributed by atoms with E-state index in [0.29, 0.717) is 31.3 Å². The highest BCUT2D eigenvalue weighted by atomic mass is 16.7. The van der Waals surface area contributed by atoms with Gasteiger partial charge in [-0.15, -0.1) is 12.8 Å². The van der Waals surface area contributed by atoms with Gasteiger partial charge in [0.2, 0.25) is 0 Å². The Hall–Kier alpha value is -2.52. The van der Waals surface area contributed by atoms with E-state index in [4.69, 9.17) is 18.9 Å². The molecular formula is C30H37NO4. The van der Waals surface area contributed by atoms with Crippen molar-refractivity contribution < 1.29 is 18.9 Å². The summed E-state index contributed by atoms with van der Waals surface area (Å²) >= 11 is 0. The number of ether oxygens (including phenoxy) is 4. The van der Waals surface area contributed by atoms with Crippen LogP contribution in [0.25, 0.3) is 0 Å². The third-order valence-corrected chi connectivity index (χ3v) is 9.04. The zero-order valence-electron chi connectivity index (χ0n) is 21.3. The van der Waals surface area contributed by atoms with E-state index in [1.54, 1.807) is 0 Å². The van der Waals surface area contributed by atoms with Crippen LogP contribution in [0.15, 0.2) is 42.5 Å². The van der Waals surface area contributed by atoms with Crippen LogP contribution in [0, 0.1) is 31.6 Å². The molecule has 3 heterocycles. The molecule has 186 valence electrons. The molecule has 2 aromatic rings. The molecule has 5 unspecified atom stereocenters. The average molecular weight is 476 g/mol. The maximum Gasteiger partial charge on any atom is 0.165 e. The molecule has 7 atom stereocenters. The smallest absolute Gasteiger partial charge is 0.165 e. The number of likely N-dealkylation sites (tertiary alicyclic amines) is 1. The van der Waals surface area contributed by atoms with Crippen LogP contribution in [-0.2, 0) is 21.5 Å². The quantitative estimate of drug-likeness (QED) is 0.588. The fourth-order valence-electron chi connectivity index (χ4n) is 7.17. The lowest BCUT2D eigenvalue weighted by molar-refractivity contribution is -0.256. The first-order chi connectivity index (χ1) is 17.0. The van der Waals surface area contributed by atoms with Crippen molar-refractivity contribution in [1.82, 2.24) is 4.90 Å². The molecule has 3 aliphatic heterocycles. The zero-order valence-corrected chi connectivity index (χ0v) is 21.3. The number of terminal acetylenes is 1. The Labute approximate surface area is 209 Å². The first kappa shape index (κ1) is 24.2. The number of rotatable bonds is 3. The van der Waals surface area contributed by atoms with E-state index in [-0.39, 0.29) is 23.7 Å². The first-order valence-electron chi connectivity index (χ1n) is 12.7. The Morgan fingerprint density at radius 1 is 1.09 bits per heavy atom. The average Bonchev–Trinajstić information content (AvgIpc) is 3.24. The molecule has 6 rings (SSSR count). The maximum atomic E-state index is 6.95. The SMILES string of the molecule is C#C.Cc1ccc(OCc2ccccc2)c2c1C13CCN(C)C(C)C1C[C@@H]1C(C)OCOC1[C@@H]3O2. The first-order valence-corrected chi connectivity index (χ1v) is 12.7. The normalized spacial score (nSPS) is 35.3. The van der Waals surface area contributed by atoms with Crippen molar-refractivity contribution in [3.63, 3.8) is 0 Å². The van der Waals surface area contributed by atoms with E-state index in [0.717, 1.165) is 36.4 Å². The van der Waals surface area contributed by atoms with Gasteiger partial charge >= 0.3 is 0 Å². The van der Waals surface area contributed by atoms with Crippen LogP contribution < -0.4 is 9.47 Å². The topological polar surface area (TPSA) is 40.2 Å². The Kier molecular flexibility index (Phi) is 6.57. The fraction of sp³-hybridized carbons (Fsp3) is 0.533. The van der Waals surface area contributed by atoms with E-state index in [1.165, 1.54) is 11.1 Å². The van der Waals surface area contributed by atoms with Gasteiger partial charge in [-0.3, -0.25) is 0 Å². The Bertz CT molecular complexity index is 1070. The second kappa shape index (κ2) is 9.50. The predicted molar refractivity (Wildman–Crippen MR) is 137 cm³/mol. The van der Waals surface area contributed by atoms with Gasteiger partial charge in [-0.05, 0) is 70.3 Å². The van der Waals surface area contributed by atoms with Crippen molar-refractivity contribution in [1.29, 1.82) is 0 Å². The number of hydrogen-bond donors (Lipinski definition) is 0. The van der Waals surface area contributed by atoms with Crippen LogP contribution in [0.3, 0.4) is 0 Å². The largest absolute Gasteiger partial charge is 0.485 e. The van der Waals surface area contributed by atoms with Crippen LogP contribution in [-0.4, -0.2) is 49.6 Å². The number of aryl methyl sites for hydroxylation is 1. The highest BCUT2D eigenvalue weighted by Crippen LogP contribution is 2.63. The minimum absolute atomic E-state index is 0.000995. The molecule has 1 spiro atoms. The summed E-state index contributed by atoms with van der Waals surface area (Å²) in [5, 5.41) is 0. The molecule has 0 bridgehead atoms. The summed E-state index contributed by atoms with van der Waals surface area (Å²) in [5.41, 5.74) is 3.78. The standard InChI is InChI=1S/C28H35NO4.C2H2/c1-17-10-11-23(30-15-20-8-6-5-7-9-20)26-24(17)28-12-13-29(4)18(2)22(28)14-21-19(3)31-16-32-25(21)27(28)33-26;1-2/h5-11,18-19,21-22,25,27H,12-16H2,1-4H3;1-2H/t18?,19?,21-,22?,25?,27+,28?;/m1./s1. The molecule has 2 aromatic carbocycles. The van der Waals surface area contributed by atoms with Crippen LogP contribution in [0.2, 0.25) is 0 Å². The molecule has 0 aromatic heterocycles. The minimum atomic E-state index is -0.0459. The summed E-state index contributed by atoms with van der Waals surface area (Å²) < 4.78 is 25.6. The molecule has 4 aliphatic rings. The Morgan fingerprint density at radius 3 is 2.63 bits per heavy atom. The van der Waals surface area contributed by atoms with Crippen molar-refractivity contribution >= 4 is 0 Å². The number of hydrogen-bond acceptors (Lipinski definition) is 5. The van der Waals surface area contributed by atoms with Gasteiger partial charge in [-0.1, -0.05) is 36.4 Å². The minimum Gasteiger partial charge on any atom is -0.485 e. The van der Waals surface area contributed by atoms with Crippen molar-refractivity contribution in [2.24, 2.45) is 11.8 Å². The summed E-state index contributed by atoms with van der Waals surface area (Å²) in [6, 6.07) is 15.1. The van der Waals surface area contributed by atoms with Crippen LogP contribution in [0.5, 0.6) is 11.5 Å². The van der Waals surface area contributed by atoms with Gasteiger partial charge in [0.25, 0.3) is 0 Å². The molecule has 3 fully saturated rings. The van der Waals surface area contributed by atoms with Crippen molar-refractivity contribution in [3.8, 4) is 24.3 Å². The van der Waals surface area contributed by atoms with Crippen molar-refractivity contribution in [2.75, 3.05) is 20.4 Å². The van der Waals surface area contributed by atoms with E-state index in [9.17, 15) is 0 Å². The second-order valence-electron chi connectivity index (χ2n) is 10.5. The van der Waals surface area contributed by atoms with Gasteiger partial charge in [-0.2, -0.15) is 0 Å². The number of benzene rings is 2. The molecule has 35 heavy (non-hydrogen) atoms. The highest BCUT2D eigenvalue weighted by Gasteiger charge is 2.66. The molecule has 2 saturated heterocycles. The summed E-state index contributed by atoms with van der Waals surface area (Å²) in [6.45, 7) is 8.78. The summed E-state index contributed by atoms with van der Waals surface area (Å²) in [4.78, 5) is 2.52. The Morgan fingerprint density at radius 2 is 1.86 bits per heavy atom. The van der Waals surface area contributed by atoms with Gasteiger partial charge in [0.05, 0.1) is 6.10 Å². The fourth-order valence-corrected chi connectivity index (χ4v) is 7.17. The summed E-state index contributed by atoms with van der Waals surface area (Å²) in [6.07, 6.45) is 10.4. The molecule has 1 aliphatic carbocycles.